The van der Waals surface area contributed by atoms with E-state index in [2.05, 4.69) is 10.5 Å². The van der Waals surface area contributed by atoms with Gasteiger partial charge in [-0.05, 0) is 64.9 Å². The minimum Gasteiger partial charge on any atom is -0.489 e. The molecule has 0 unspecified atom stereocenters. The number of halogens is 2. The Hall–Kier alpha value is -4.85. The summed E-state index contributed by atoms with van der Waals surface area (Å²) in [5.41, 5.74) is 4.18. The lowest BCUT2D eigenvalue weighted by molar-refractivity contribution is -0.123. The molecule has 0 heterocycles. The zero-order valence-corrected chi connectivity index (χ0v) is 23.6. The topological polar surface area (TPSA) is 86.2 Å². The van der Waals surface area contributed by atoms with Crippen LogP contribution in [0.4, 0.5) is 0 Å². The molecule has 210 valence electrons. The monoisotopic (exact) mass is 598 g/mol. The summed E-state index contributed by atoms with van der Waals surface area (Å²) in [5, 5.41) is 6.32. The maximum Gasteiger partial charge on any atom is 0.345 e. The highest BCUT2D eigenvalue weighted by molar-refractivity contribution is 6.36. The predicted molar refractivity (Wildman–Crippen MR) is 164 cm³/mol. The molecule has 5 aromatic carbocycles. The van der Waals surface area contributed by atoms with Crippen molar-refractivity contribution in [2.75, 3.05) is 6.61 Å². The minimum absolute atomic E-state index is 0.165. The number of carbonyl (C=O) groups is 2. The van der Waals surface area contributed by atoms with Crippen LogP contribution in [0, 0.1) is 0 Å². The van der Waals surface area contributed by atoms with E-state index in [1.807, 2.05) is 60.7 Å². The molecule has 5 aromatic rings. The third-order valence-electron chi connectivity index (χ3n) is 6.11. The van der Waals surface area contributed by atoms with Gasteiger partial charge in [0, 0.05) is 10.6 Å². The Labute approximate surface area is 252 Å². The van der Waals surface area contributed by atoms with Crippen molar-refractivity contribution in [1.82, 2.24) is 5.43 Å². The van der Waals surface area contributed by atoms with Crippen LogP contribution in [0.5, 0.6) is 17.2 Å². The number of ether oxygens (including phenoxy) is 3. The zero-order valence-electron chi connectivity index (χ0n) is 22.1. The maximum atomic E-state index is 12.9. The number of hydrazone groups is 1. The molecule has 0 aliphatic heterocycles. The molecule has 0 saturated heterocycles. The molecule has 0 radical (unpaired) electrons. The summed E-state index contributed by atoms with van der Waals surface area (Å²) >= 11 is 12.1. The van der Waals surface area contributed by atoms with Crippen LogP contribution >= 0.6 is 23.2 Å². The third kappa shape index (κ3) is 7.46. The molecule has 0 aliphatic rings. The summed E-state index contributed by atoms with van der Waals surface area (Å²) in [6, 6.07) is 32.4. The Kier molecular flexibility index (Phi) is 9.33. The van der Waals surface area contributed by atoms with E-state index >= 15 is 0 Å². The molecule has 7 nitrogen and oxygen atoms in total. The number of fused-ring (bicyclic) bond motifs is 1. The Bertz CT molecular complexity index is 1740. The Morgan fingerprint density at radius 1 is 0.786 bits per heavy atom. The summed E-state index contributed by atoms with van der Waals surface area (Å²) in [4.78, 5) is 25.3. The van der Waals surface area contributed by atoms with Crippen LogP contribution in [0.1, 0.15) is 21.5 Å². The van der Waals surface area contributed by atoms with E-state index in [0.717, 1.165) is 16.3 Å². The van der Waals surface area contributed by atoms with Crippen LogP contribution in [-0.2, 0) is 11.4 Å². The van der Waals surface area contributed by atoms with E-state index in [0.29, 0.717) is 28.7 Å². The summed E-state index contributed by atoms with van der Waals surface area (Å²) < 4.78 is 17.0. The molecule has 0 bridgehead atoms. The second kappa shape index (κ2) is 13.7. The first-order chi connectivity index (χ1) is 20.5. The van der Waals surface area contributed by atoms with Gasteiger partial charge in [0.1, 0.15) is 23.9 Å². The van der Waals surface area contributed by atoms with Gasteiger partial charge in [-0.25, -0.2) is 10.2 Å². The largest absolute Gasteiger partial charge is 0.489 e. The lowest BCUT2D eigenvalue weighted by atomic mass is 10.0. The van der Waals surface area contributed by atoms with E-state index in [1.165, 1.54) is 18.3 Å². The lowest BCUT2D eigenvalue weighted by Crippen LogP contribution is -2.24. The molecule has 42 heavy (non-hydrogen) atoms. The maximum absolute atomic E-state index is 12.9. The summed E-state index contributed by atoms with van der Waals surface area (Å²) in [7, 11) is 0. The normalized spacial score (nSPS) is 10.9. The van der Waals surface area contributed by atoms with Crippen molar-refractivity contribution in [3.63, 3.8) is 0 Å². The van der Waals surface area contributed by atoms with Gasteiger partial charge in [-0.15, -0.1) is 0 Å². The Balaban J connectivity index is 1.21. The summed E-state index contributed by atoms with van der Waals surface area (Å²) in [5.74, 6) is 0.307. The summed E-state index contributed by atoms with van der Waals surface area (Å²) in [6.45, 7) is 0.196. The van der Waals surface area contributed by atoms with Crippen LogP contribution in [0.15, 0.2) is 114 Å². The lowest BCUT2D eigenvalue weighted by Gasteiger charge is -2.11. The first-order valence-corrected chi connectivity index (χ1v) is 13.6. The molecule has 0 fully saturated rings. The molecule has 1 amide bonds. The molecule has 5 rings (SSSR count). The van der Waals surface area contributed by atoms with Gasteiger partial charge < -0.3 is 14.2 Å². The van der Waals surface area contributed by atoms with Gasteiger partial charge in [0.05, 0.1) is 16.8 Å². The van der Waals surface area contributed by atoms with Crippen molar-refractivity contribution in [3.05, 3.63) is 136 Å². The third-order valence-corrected chi connectivity index (χ3v) is 6.66. The van der Waals surface area contributed by atoms with Gasteiger partial charge in [-0.1, -0.05) is 83.9 Å². The van der Waals surface area contributed by atoms with Crippen molar-refractivity contribution in [2.24, 2.45) is 5.10 Å². The van der Waals surface area contributed by atoms with Crippen LogP contribution in [0.3, 0.4) is 0 Å². The van der Waals surface area contributed by atoms with E-state index in [9.17, 15) is 9.59 Å². The highest BCUT2D eigenvalue weighted by atomic mass is 35.5. The van der Waals surface area contributed by atoms with Gasteiger partial charge in [0.25, 0.3) is 5.91 Å². The predicted octanol–water partition coefficient (Wildman–Crippen LogP) is 7.47. The van der Waals surface area contributed by atoms with Crippen LogP contribution in [0.2, 0.25) is 10.0 Å². The van der Waals surface area contributed by atoms with E-state index in [-0.39, 0.29) is 22.9 Å². The minimum atomic E-state index is -0.657. The number of benzene rings is 5. The van der Waals surface area contributed by atoms with Gasteiger partial charge in [0.2, 0.25) is 0 Å². The molecule has 9 heteroatoms. The number of hydrogen-bond acceptors (Lipinski definition) is 6. The van der Waals surface area contributed by atoms with E-state index < -0.39 is 11.9 Å². The first kappa shape index (κ1) is 28.7. The van der Waals surface area contributed by atoms with Crippen molar-refractivity contribution in [1.29, 1.82) is 0 Å². The smallest absolute Gasteiger partial charge is 0.345 e. The molecule has 1 N–H and O–H groups in total. The Morgan fingerprint density at radius 3 is 2.26 bits per heavy atom. The number of amides is 1. The van der Waals surface area contributed by atoms with Crippen LogP contribution in [-0.4, -0.2) is 24.7 Å². The fraction of sp³-hybridized carbons (Fsp3) is 0.0606. The molecular weight excluding hydrogens is 575 g/mol. The van der Waals surface area contributed by atoms with Crippen molar-refractivity contribution in [2.45, 2.75) is 6.61 Å². The van der Waals surface area contributed by atoms with Gasteiger partial charge >= 0.3 is 5.97 Å². The second-order valence-electron chi connectivity index (χ2n) is 9.04. The molecular formula is C33H24Cl2N2O5. The number of esters is 1. The number of carbonyl (C=O) groups excluding carboxylic acids is 2. The molecule has 0 saturated carbocycles. The average molecular weight is 599 g/mol. The van der Waals surface area contributed by atoms with E-state index in [4.69, 9.17) is 37.4 Å². The quantitative estimate of drug-likeness (QED) is 0.0779. The average Bonchev–Trinajstić information content (AvgIpc) is 3.01. The Morgan fingerprint density at radius 2 is 1.50 bits per heavy atom. The fourth-order valence-corrected chi connectivity index (χ4v) is 4.52. The highest BCUT2D eigenvalue weighted by Gasteiger charge is 2.16. The standard InChI is InChI=1S/C33H24Cl2N2O5/c34-24-11-16-28(30(35)18-24)33(39)42-31-17-10-23-8-4-5-9-27(23)29(31)19-36-37-32(38)21-41-26-14-12-25(13-15-26)40-20-22-6-2-1-3-7-22/h1-19H,20-21H2,(H,37,38)/b36-19+. The van der Waals surface area contributed by atoms with Crippen molar-refractivity contribution in [3.8, 4) is 17.2 Å². The molecule has 0 atom stereocenters. The van der Waals surface area contributed by atoms with Gasteiger partial charge in [0.15, 0.2) is 6.61 Å². The van der Waals surface area contributed by atoms with Crippen molar-refractivity contribution >= 4 is 52.1 Å². The zero-order chi connectivity index (χ0) is 29.3. The highest BCUT2D eigenvalue weighted by Crippen LogP contribution is 2.29. The number of nitrogens with one attached hydrogen (secondary N) is 1. The SMILES string of the molecule is O=C(COc1ccc(OCc2ccccc2)cc1)N/N=C/c1c(OC(=O)c2ccc(Cl)cc2Cl)ccc2ccccc12. The van der Waals surface area contributed by atoms with Crippen LogP contribution in [0.25, 0.3) is 10.8 Å². The van der Waals surface area contributed by atoms with Gasteiger partial charge in [-0.2, -0.15) is 5.10 Å². The number of hydrogen-bond donors (Lipinski definition) is 1. The molecule has 0 aromatic heterocycles. The van der Waals surface area contributed by atoms with E-state index in [1.54, 1.807) is 36.4 Å². The first-order valence-electron chi connectivity index (χ1n) is 12.9. The fourth-order valence-electron chi connectivity index (χ4n) is 4.03. The molecule has 0 aliphatic carbocycles. The molecule has 0 spiro atoms. The van der Waals surface area contributed by atoms with Gasteiger partial charge in [-0.3, -0.25) is 4.79 Å². The second-order valence-corrected chi connectivity index (χ2v) is 9.88. The van der Waals surface area contributed by atoms with Crippen molar-refractivity contribution < 1.29 is 23.8 Å². The summed E-state index contributed by atoms with van der Waals surface area (Å²) in [6.07, 6.45) is 1.42. The number of rotatable bonds is 10. The number of nitrogens with zero attached hydrogens (tertiary/aromatic N) is 1. The van der Waals surface area contributed by atoms with Crippen LogP contribution < -0.4 is 19.6 Å².